The van der Waals surface area contributed by atoms with E-state index in [1.165, 1.54) is 17.1 Å². The first-order valence-corrected chi connectivity index (χ1v) is 8.47. The van der Waals surface area contributed by atoms with Crippen molar-refractivity contribution in [3.05, 3.63) is 24.4 Å². The fraction of sp³-hybridized carbons (Fsp3) is 0.611. The maximum absolute atomic E-state index is 12.5. The number of ether oxygens (including phenoxy) is 2. The van der Waals surface area contributed by atoms with Gasteiger partial charge in [0.25, 0.3) is 0 Å². The van der Waals surface area contributed by atoms with Gasteiger partial charge in [0, 0.05) is 18.3 Å². The van der Waals surface area contributed by atoms with Crippen LogP contribution >= 0.6 is 0 Å². The molecule has 1 amide bonds. The molecule has 0 radical (unpaired) electrons. The monoisotopic (exact) mass is 350 g/mol. The maximum atomic E-state index is 12.5. The molecule has 0 bridgehead atoms. The largest absolute Gasteiger partial charge is 0.458 e. The second-order valence-corrected chi connectivity index (χ2v) is 7.21. The predicted molar refractivity (Wildman–Crippen MR) is 91.8 cm³/mol. The van der Waals surface area contributed by atoms with Crippen LogP contribution in [0.1, 0.15) is 33.6 Å². The molecule has 7 heteroatoms. The molecule has 0 spiro atoms. The van der Waals surface area contributed by atoms with Gasteiger partial charge in [-0.15, -0.1) is 0 Å². The molecule has 2 aliphatic heterocycles. The summed E-state index contributed by atoms with van der Waals surface area (Å²) >= 11 is 0. The number of ketones is 1. The third-order valence-corrected chi connectivity index (χ3v) is 3.91. The number of esters is 1. The van der Waals surface area contributed by atoms with Crippen molar-refractivity contribution in [3.8, 4) is 0 Å². The molecule has 0 unspecified atom stereocenters. The van der Waals surface area contributed by atoms with Crippen LogP contribution in [0, 0.1) is 0 Å². The number of likely N-dealkylation sites (tertiary alicyclic amines) is 1. The number of carbonyl (C=O) groups is 3. The third kappa shape index (κ3) is 5.08. The first-order chi connectivity index (χ1) is 11.7. The van der Waals surface area contributed by atoms with Gasteiger partial charge in [-0.1, -0.05) is 12.7 Å². The third-order valence-electron chi connectivity index (χ3n) is 3.91. The average Bonchev–Trinajstić information content (AvgIpc) is 3.00. The number of hydrogen-bond donors (Lipinski definition) is 0. The van der Waals surface area contributed by atoms with E-state index < -0.39 is 17.7 Å². The molecule has 2 aliphatic rings. The van der Waals surface area contributed by atoms with Gasteiger partial charge in [-0.05, 0) is 33.6 Å². The van der Waals surface area contributed by atoms with E-state index in [-0.39, 0.29) is 31.4 Å². The van der Waals surface area contributed by atoms with E-state index in [9.17, 15) is 14.4 Å². The van der Waals surface area contributed by atoms with Gasteiger partial charge in [0.2, 0.25) is 0 Å². The molecular formula is C18H26N2O5. The fourth-order valence-corrected chi connectivity index (χ4v) is 2.97. The lowest BCUT2D eigenvalue weighted by Crippen LogP contribution is -2.47. The van der Waals surface area contributed by atoms with Crippen LogP contribution in [-0.2, 0) is 19.1 Å². The summed E-state index contributed by atoms with van der Waals surface area (Å²) in [5.74, 6) is -0.489. The Hall–Kier alpha value is -2.31. The van der Waals surface area contributed by atoms with E-state index >= 15 is 0 Å². The molecule has 1 saturated heterocycles. The molecule has 7 nitrogen and oxygen atoms in total. The summed E-state index contributed by atoms with van der Waals surface area (Å²) < 4.78 is 10.5. The van der Waals surface area contributed by atoms with Crippen LogP contribution in [0.15, 0.2) is 24.4 Å². The summed E-state index contributed by atoms with van der Waals surface area (Å²) in [5, 5.41) is 0. The highest BCUT2D eigenvalue weighted by atomic mass is 16.6. The van der Waals surface area contributed by atoms with Crippen LogP contribution in [0.4, 0.5) is 4.79 Å². The molecule has 0 aromatic heterocycles. The van der Waals surface area contributed by atoms with Crippen molar-refractivity contribution >= 4 is 17.8 Å². The summed E-state index contributed by atoms with van der Waals surface area (Å²) in [5.41, 5.74) is 0.0861. The van der Waals surface area contributed by atoms with Crippen molar-refractivity contribution in [1.29, 1.82) is 0 Å². The minimum atomic E-state index is -0.567. The van der Waals surface area contributed by atoms with Gasteiger partial charge in [-0.2, -0.15) is 0 Å². The molecule has 1 fully saturated rings. The average molecular weight is 350 g/mol. The SMILES string of the molecule is C=CCOC(=O)N1CC(=O)C=C(N2CCC[C@H]2C(=O)OC(C)(C)C)C1. The van der Waals surface area contributed by atoms with Gasteiger partial charge >= 0.3 is 12.1 Å². The number of nitrogens with zero attached hydrogens (tertiary/aromatic N) is 2. The normalized spacial score (nSPS) is 21.0. The van der Waals surface area contributed by atoms with Crippen LogP contribution < -0.4 is 0 Å². The number of hydrogen-bond acceptors (Lipinski definition) is 6. The fourth-order valence-electron chi connectivity index (χ4n) is 2.97. The van der Waals surface area contributed by atoms with Crippen molar-refractivity contribution in [2.75, 3.05) is 26.2 Å². The molecule has 2 heterocycles. The van der Waals surface area contributed by atoms with Crippen molar-refractivity contribution in [3.63, 3.8) is 0 Å². The van der Waals surface area contributed by atoms with Gasteiger partial charge in [0.1, 0.15) is 18.2 Å². The summed E-state index contributed by atoms with van der Waals surface area (Å²) in [4.78, 5) is 39.7. The summed E-state index contributed by atoms with van der Waals surface area (Å²) in [7, 11) is 0. The quantitative estimate of drug-likeness (QED) is 0.569. The Bertz CT molecular complexity index is 591. The second-order valence-electron chi connectivity index (χ2n) is 7.21. The predicted octanol–water partition coefficient (Wildman–Crippen LogP) is 1.88. The number of rotatable bonds is 4. The Kier molecular flexibility index (Phi) is 5.87. The number of amides is 1. The topological polar surface area (TPSA) is 76.2 Å². The molecule has 0 saturated carbocycles. The lowest BCUT2D eigenvalue weighted by molar-refractivity contribution is -0.159. The molecule has 25 heavy (non-hydrogen) atoms. The Labute approximate surface area is 148 Å². The van der Waals surface area contributed by atoms with Crippen LogP contribution in [-0.4, -0.2) is 65.5 Å². The summed E-state index contributed by atoms with van der Waals surface area (Å²) in [6, 6.07) is -0.428. The van der Waals surface area contributed by atoms with Gasteiger partial charge in [0.05, 0.1) is 13.1 Å². The standard InChI is InChI=1S/C18H26N2O5/c1-5-9-24-17(23)19-11-13(10-14(21)12-19)20-8-6-7-15(20)16(22)25-18(2,3)4/h5,10,15H,1,6-9,11-12H2,2-4H3/t15-/m0/s1. The molecule has 0 aliphatic carbocycles. The Morgan fingerprint density at radius 3 is 2.72 bits per heavy atom. The summed E-state index contributed by atoms with van der Waals surface area (Å²) in [6.45, 7) is 9.92. The highest BCUT2D eigenvalue weighted by molar-refractivity contribution is 5.95. The molecule has 0 aromatic carbocycles. The first-order valence-electron chi connectivity index (χ1n) is 8.47. The van der Waals surface area contributed by atoms with Crippen LogP contribution in [0.2, 0.25) is 0 Å². The van der Waals surface area contributed by atoms with Gasteiger partial charge in [0.15, 0.2) is 5.78 Å². The minimum absolute atomic E-state index is 0.0234. The minimum Gasteiger partial charge on any atom is -0.458 e. The van der Waals surface area contributed by atoms with Crippen LogP contribution in [0.25, 0.3) is 0 Å². The Morgan fingerprint density at radius 2 is 2.08 bits per heavy atom. The lowest BCUT2D eigenvalue weighted by atomic mass is 10.1. The van der Waals surface area contributed by atoms with Crippen LogP contribution in [0.3, 0.4) is 0 Å². The Balaban J connectivity index is 2.10. The number of carbonyl (C=O) groups excluding carboxylic acids is 3. The maximum Gasteiger partial charge on any atom is 0.410 e. The van der Waals surface area contributed by atoms with Gasteiger partial charge < -0.3 is 14.4 Å². The highest BCUT2D eigenvalue weighted by Gasteiger charge is 2.37. The lowest BCUT2D eigenvalue weighted by Gasteiger charge is -2.34. The first kappa shape index (κ1) is 19.0. The van der Waals surface area contributed by atoms with E-state index in [4.69, 9.17) is 9.47 Å². The van der Waals surface area contributed by atoms with Crippen molar-refractivity contribution in [2.24, 2.45) is 0 Å². The zero-order valence-corrected chi connectivity index (χ0v) is 15.1. The Morgan fingerprint density at radius 1 is 1.36 bits per heavy atom. The molecule has 1 atom stereocenters. The van der Waals surface area contributed by atoms with Crippen molar-refractivity contribution < 1.29 is 23.9 Å². The second kappa shape index (κ2) is 7.72. The molecule has 0 N–H and O–H groups in total. The van der Waals surface area contributed by atoms with E-state index in [0.717, 1.165) is 6.42 Å². The molecule has 0 aromatic rings. The van der Waals surface area contributed by atoms with E-state index in [2.05, 4.69) is 6.58 Å². The van der Waals surface area contributed by atoms with Gasteiger partial charge in [-0.25, -0.2) is 9.59 Å². The van der Waals surface area contributed by atoms with E-state index in [0.29, 0.717) is 18.7 Å². The molecule has 138 valence electrons. The van der Waals surface area contributed by atoms with E-state index in [1.54, 1.807) is 0 Å². The zero-order valence-electron chi connectivity index (χ0n) is 15.1. The summed E-state index contributed by atoms with van der Waals surface area (Å²) in [6.07, 6.45) is 3.92. The molecule has 2 rings (SSSR count). The van der Waals surface area contributed by atoms with E-state index in [1.807, 2.05) is 25.7 Å². The van der Waals surface area contributed by atoms with Crippen molar-refractivity contribution in [2.45, 2.75) is 45.3 Å². The van der Waals surface area contributed by atoms with Gasteiger partial charge in [-0.3, -0.25) is 9.69 Å². The smallest absolute Gasteiger partial charge is 0.410 e. The van der Waals surface area contributed by atoms with Crippen molar-refractivity contribution in [1.82, 2.24) is 9.80 Å². The highest BCUT2D eigenvalue weighted by Crippen LogP contribution is 2.27. The molecular weight excluding hydrogens is 324 g/mol. The zero-order chi connectivity index (χ0) is 18.6. The van der Waals surface area contributed by atoms with Crippen LogP contribution in [0.5, 0.6) is 0 Å².